The Morgan fingerprint density at radius 1 is 1.09 bits per heavy atom. The molecule has 2 nitrogen and oxygen atoms in total. The van der Waals surface area contributed by atoms with Gasteiger partial charge < -0.3 is 4.84 Å². The van der Waals surface area contributed by atoms with Crippen LogP contribution in [0.4, 0.5) is 13.2 Å². The van der Waals surface area contributed by atoms with E-state index in [1.807, 2.05) is 0 Å². The Morgan fingerprint density at radius 2 is 1.73 bits per heavy atom. The minimum atomic E-state index is -4.45. The maximum atomic E-state index is 13.1. The first-order valence-corrected chi connectivity index (χ1v) is 6.80. The van der Waals surface area contributed by atoms with Crippen molar-refractivity contribution >= 4 is 17.3 Å². The molecule has 0 amide bonds. The van der Waals surface area contributed by atoms with Crippen molar-refractivity contribution in [2.45, 2.75) is 20.0 Å². The molecule has 0 aromatic heterocycles. The van der Waals surface area contributed by atoms with Gasteiger partial charge in [-0.15, -0.1) is 0 Å². The van der Waals surface area contributed by atoms with E-state index >= 15 is 0 Å². The van der Waals surface area contributed by atoms with Crippen molar-refractivity contribution in [1.29, 1.82) is 0 Å². The van der Waals surface area contributed by atoms with E-state index in [1.54, 1.807) is 37.3 Å². The van der Waals surface area contributed by atoms with Gasteiger partial charge in [-0.1, -0.05) is 34.5 Å². The number of hydrogen-bond acceptors (Lipinski definition) is 2. The second-order valence-corrected chi connectivity index (χ2v) is 5.21. The van der Waals surface area contributed by atoms with Crippen LogP contribution in [0.3, 0.4) is 0 Å². The van der Waals surface area contributed by atoms with Crippen molar-refractivity contribution in [3.63, 3.8) is 0 Å². The molecule has 22 heavy (non-hydrogen) atoms. The van der Waals surface area contributed by atoms with Crippen LogP contribution in [-0.4, -0.2) is 5.71 Å². The summed E-state index contributed by atoms with van der Waals surface area (Å²) >= 11 is 5.74. The Hall–Kier alpha value is -2.01. The molecular weight excluding hydrogens is 315 g/mol. The molecule has 0 N–H and O–H groups in total. The minimum absolute atomic E-state index is 0.00735. The first-order chi connectivity index (χ1) is 10.3. The van der Waals surface area contributed by atoms with Gasteiger partial charge in [-0.05, 0) is 44.2 Å². The molecule has 0 aliphatic rings. The van der Waals surface area contributed by atoms with Gasteiger partial charge in [-0.2, -0.15) is 13.2 Å². The molecule has 116 valence electrons. The van der Waals surface area contributed by atoms with Crippen molar-refractivity contribution < 1.29 is 18.0 Å². The van der Waals surface area contributed by atoms with E-state index in [1.165, 1.54) is 13.0 Å². The Bertz CT molecular complexity index is 694. The summed E-state index contributed by atoms with van der Waals surface area (Å²) in [7, 11) is 0. The fourth-order valence-corrected chi connectivity index (χ4v) is 2.00. The average molecular weight is 328 g/mol. The Balaban J connectivity index is 2.30. The standard InChI is InChI=1S/C16H13ClF3NO/c1-10-3-8-14(15(9-10)16(18,19)20)11(2)21-22-13-6-4-12(17)5-7-13/h3-9H,1-2H3/b21-11+. The van der Waals surface area contributed by atoms with Crippen molar-refractivity contribution in [1.82, 2.24) is 0 Å². The van der Waals surface area contributed by atoms with Gasteiger partial charge >= 0.3 is 6.18 Å². The Kier molecular flexibility index (Phi) is 4.76. The molecule has 0 unspecified atom stereocenters. The topological polar surface area (TPSA) is 21.6 Å². The molecule has 0 atom stereocenters. The molecule has 0 aliphatic heterocycles. The number of benzene rings is 2. The van der Waals surface area contributed by atoms with Gasteiger partial charge in [-0.25, -0.2) is 0 Å². The molecule has 0 saturated carbocycles. The van der Waals surface area contributed by atoms with E-state index in [0.29, 0.717) is 16.3 Å². The van der Waals surface area contributed by atoms with Crippen LogP contribution in [0, 0.1) is 6.92 Å². The van der Waals surface area contributed by atoms with Gasteiger partial charge in [0, 0.05) is 10.6 Å². The fourth-order valence-electron chi connectivity index (χ4n) is 1.87. The van der Waals surface area contributed by atoms with Gasteiger partial charge in [0.05, 0.1) is 11.3 Å². The van der Waals surface area contributed by atoms with E-state index < -0.39 is 11.7 Å². The van der Waals surface area contributed by atoms with E-state index in [9.17, 15) is 13.2 Å². The van der Waals surface area contributed by atoms with Crippen molar-refractivity contribution in [2.75, 3.05) is 0 Å². The van der Waals surface area contributed by atoms with Crippen LogP contribution in [0.1, 0.15) is 23.6 Å². The molecule has 2 aromatic rings. The van der Waals surface area contributed by atoms with Crippen LogP contribution >= 0.6 is 11.6 Å². The molecule has 0 spiro atoms. The third kappa shape index (κ3) is 4.01. The molecule has 6 heteroatoms. The molecule has 0 bridgehead atoms. The summed E-state index contributed by atoms with van der Waals surface area (Å²) in [5, 5.41) is 4.30. The lowest BCUT2D eigenvalue weighted by Gasteiger charge is -2.13. The highest BCUT2D eigenvalue weighted by Gasteiger charge is 2.34. The first-order valence-electron chi connectivity index (χ1n) is 6.43. The van der Waals surface area contributed by atoms with Crippen LogP contribution in [0.5, 0.6) is 5.75 Å². The third-order valence-electron chi connectivity index (χ3n) is 2.97. The zero-order valence-electron chi connectivity index (χ0n) is 11.9. The quantitative estimate of drug-likeness (QED) is 0.541. The summed E-state index contributed by atoms with van der Waals surface area (Å²) in [6.07, 6.45) is -4.45. The predicted octanol–water partition coefficient (Wildman–Crippen LogP) is 5.47. The zero-order valence-corrected chi connectivity index (χ0v) is 12.7. The van der Waals surface area contributed by atoms with Gasteiger partial charge in [0.15, 0.2) is 5.75 Å². The number of aryl methyl sites for hydroxylation is 1. The average Bonchev–Trinajstić information content (AvgIpc) is 2.45. The summed E-state index contributed by atoms with van der Waals surface area (Å²) < 4.78 is 39.3. The Labute approximate surface area is 131 Å². The largest absolute Gasteiger partial charge is 0.417 e. The van der Waals surface area contributed by atoms with Crippen LogP contribution in [-0.2, 0) is 6.18 Å². The molecule has 0 aliphatic carbocycles. The first kappa shape index (κ1) is 16.4. The van der Waals surface area contributed by atoms with Crippen LogP contribution in [0.2, 0.25) is 5.02 Å². The number of nitrogens with zero attached hydrogens (tertiary/aromatic N) is 1. The molecule has 0 saturated heterocycles. The maximum absolute atomic E-state index is 13.1. The molecule has 0 radical (unpaired) electrons. The molecule has 2 rings (SSSR count). The van der Waals surface area contributed by atoms with E-state index in [4.69, 9.17) is 16.4 Å². The molecule has 0 fully saturated rings. The normalized spacial score (nSPS) is 12.4. The minimum Gasteiger partial charge on any atom is -0.357 e. The highest BCUT2D eigenvalue weighted by molar-refractivity contribution is 6.30. The number of alkyl halides is 3. The summed E-state index contributed by atoms with van der Waals surface area (Å²) in [5.74, 6) is 0.393. The highest BCUT2D eigenvalue weighted by Crippen LogP contribution is 2.33. The summed E-state index contributed by atoms with van der Waals surface area (Å²) in [6.45, 7) is 3.07. The van der Waals surface area contributed by atoms with Gasteiger partial charge in [0.25, 0.3) is 0 Å². The fraction of sp³-hybridized carbons (Fsp3) is 0.188. The van der Waals surface area contributed by atoms with E-state index in [-0.39, 0.29) is 11.3 Å². The highest BCUT2D eigenvalue weighted by atomic mass is 35.5. The summed E-state index contributed by atoms with van der Waals surface area (Å²) in [4.78, 5) is 5.14. The lowest BCUT2D eigenvalue weighted by molar-refractivity contribution is -0.137. The molecule has 0 heterocycles. The van der Waals surface area contributed by atoms with Crippen molar-refractivity contribution in [2.24, 2.45) is 5.16 Å². The number of halogens is 4. The van der Waals surface area contributed by atoms with Gasteiger partial charge in [-0.3, -0.25) is 0 Å². The number of rotatable bonds is 3. The van der Waals surface area contributed by atoms with Crippen LogP contribution < -0.4 is 4.84 Å². The molecule has 2 aromatic carbocycles. The number of oxime groups is 1. The monoisotopic (exact) mass is 327 g/mol. The van der Waals surface area contributed by atoms with Crippen LogP contribution in [0.15, 0.2) is 47.6 Å². The van der Waals surface area contributed by atoms with Gasteiger partial charge in [0.2, 0.25) is 0 Å². The van der Waals surface area contributed by atoms with Gasteiger partial charge in [0.1, 0.15) is 0 Å². The smallest absolute Gasteiger partial charge is 0.357 e. The van der Waals surface area contributed by atoms with E-state index in [2.05, 4.69) is 5.16 Å². The van der Waals surface area contributed by atoms with E-state index in [0.717, 1.165) is 6.07 Å². The lowest BCUT2D eigenvalue weighted by atomic mass is 10.0. The predicted molar refractivity (Wildman–Crippen MR) is 80.5 cm³/mol. The van der Waals surface area contributed by atoms with Crippen molar-refractivity contribution in [3.05, 3.63) is 64.2 Å². The Morgan fingerprint density at radius 3 is 2.32 bits per heavy atom. The third-order valence-corrected chi connectivity index (χ3v) is 3.22. The maximum Gasteiger partial charge on any atom is 0.417 e. The van der Waals surface area contributed by atoms with Crippen molar-refractivity contribution in [3.8, 4) is 5.75 Å². The SMILES string of the molecule is C/C(=N\Oc1ccc(Cl)cc1)c1ccc(C)cc1C(F)(F)F. The number of hydrogen-bond donors (Lipinski definition) is 0. The second-order valence-electron chi connectivity index (χ2n) is 4.77. The lowest BCUT2D eigenvalue weighted by Crippen LogP contribution is -2.13. The molecular formula is C16H13ClF3NO. The zero-order chi connectivity index (χ0) is 16.3. The summed E-state index contributed by atoms with van der Waals surface area (Å²) in [5.41, 5.74) is -0.0645. The summed E-state index contributed by atoms with van der Waals surface area (Å²) in [6, 6.07) is 10.5. The second kappa shape index (κ2) is 6.40. The van der Waals surface area contributed by atoms with Crippen LogP contribution in [0.25, 0.3) is 0 Å².